The van der Waals surface area contributed by atoms with Crippen molar-refractivity contribution >= 4 is 0 Å². The van der Waals surface area contributed by atoms with Gasteiger partial charge in [-0.15, -0.1) is 0 Å². The predicted octanol–water partition coefficient (Wildman–Crippen LogP) is -2.89. The molecule has 0 amide bonds. The van der Waals surface area contributed by atoms with Crippen LogP contribution >= 0.6 is 0 Å². The van der Waals surface area contributed by atoms with Crippen molar-refractivity contribution in [3.05, 3.63) is 0 Å². The van der Waals surface area contributed by atoms with Crippen LogP contribution < -0.4 is 0 Å². The summed E-state index contributed by atoms with van der Waals surface area (Å²) in [4.78, 5) is 0. The van der Waals surface area contributed by atoms with Crippen LogP contribution in [-0.2, 0) is 28.4 Å². The molecule has 0 bridgehead atoms. The van der Waals surface area contributed by atoms with Crippen LogP contribution in [0.4, 0.5) is 0 Å². The van der Waals surface area contributed by atoms with Crippen LogP contribution in [0.25, 0.3) is 0 Å². The summed E-state index contributed by atoms with van der Waals surface area (Å²) in [6, 6.07) is 0. The highest BCUT2D eigenvalue weighted by molar-refractivity contribution is 4.93. The molecule has 0 aromatic heterocycles. The summed E-state index contributed by atoms with van der Waals surface area (Å²) in [6.07, 6.45) is -12.4. The third kappa shape index (κ3) is 4.31. The topological polar surface area (TPSA) is 177 Å². The number of rotatable bonds is 5. The normalized spacial score (nSPS) is 56.1. The molecular weight excluding hydrogens is 396 g/mol. The molecule has 0 aromatic carbocycles. The minimum absolute atomic E-state index is 0.555. The van der Waals surface area contributed by atoms with E-state index in [-0.39, 0.29) is 0 Å². The fourth-order valence-electron chi connectivity index (χ4n) is 3.52. The molecule has 12 unspecified atom stereocenters. The zero-order valence-corrected chi connectivity index (χ0v) is 16.6. The molecule has 0 aliphatic carbocycles. The summed E-state index contributed by atoms with van der Waals surface area (Å²) in [7, 11) is 0. The summed E-state index contributed by atoms with van der Waals surface area (Å²) < 4.78 is 33.0. The second kappa shape index (κ2) is 8.22. The first-order valence-electron chi connectivity index (χ1n) is 9.48. The second-order valence-corrected chi connectivity index (χ2v) is 7.88. The van der Waals surface area contributed by atoms with Crippen molar-refractivity contribution in [3.8, 4) is 0 Å². The van der Waals surface area contributed by atoms with Crippen LogP contribution in [0.5, 0.6) is 0 Å². The molecule has 12 atom stereocenters. The Bertz CT molecular complexity index is 567. The van der Waals surface area contributed by atoms with Gasteiger partial charge in [0.2, 0.25) is 0 Å². The Kier molecular flexibility index (Phi) is 6.57. The maximum Gasteiger partial charge on any atom is 0.313 e. The van der Waals surface area contributed by atoms with E-state index in [0.717, 1.165) is 0 Å². The van der Waals surface area contributed by atoms with E-state index >= 15 is 0 Å². The minimum atomic E-state index is -2.09. The van der Waals surface area contributed by atoms with E-state index in [2.05, 4.69) is 0 Å². The Morgan fingerprint density at radius 3 is 1.93 bits per heavy atom. The number of aliphatic hydroxyl groups excluding tert-OH is 6. The average Bonchev–Trinajstić information content (AvgIpc) is 3.05. The lowest BCUT2D eigenvalue weighted by Gasteiger charge is -2.42. The molecule has 3 heterocycles. The summed E-state index contributed by atoms with van der Waals surface area (Å²) in [5.74, 6) is -3.72. The molecule has 170 valence electrons. The number of hydrogen-bond acceptors (Lipinski definition) is 12. The van der Waals surface area contributed by atoms with Crippen molar-refractivity contribution in [2.45, 2.75) is 101 Å². The van der Waals surface area contributed by atoms with Crippen LogP contribution in [0.15, 0.2) is 0 Å². The van der Waals surface area contributed by atoms with Gasteiger partial charge in [0.05, 0.1) is 12.2 Å². The van der Waals surface area contributed by atoms with Crippen LogP contribution in [-0.4, -0.2) is 110 Å². The first kappa shape index (κ1) is 23.2. The van der Waals surface area contributed by atoms with E-state index in [9.17, 15) is 30.6 Å². The molecule has 3 fully saturated rings. The Balaban J connectivity index is 1.75. The minimum Gasteiger partial charge on any atom is -0.388 e. The fourth-order valence-corrected chi connectivity index (χ4v) is 3.52. The summed E-state index contributed by atoms with van der Waals surface area (Å²) >= 11 is 0. The molecule has 6 N–H and O–H groups in total. The van der Waals surface area contributed by atoms with Gasteiger partial charge in [-0.3, -0.25) is 9.47 Å². The molecule has 0 saturated carbocycles. The van der Waals surface area contributed by atoms with Gasteiger partial charge in [-0.1, -0.05) is 0 Å². The van der Waals surface area contributed by atoms with Gasteiger partial charge >= 0.3 is 5.97 Å². The maximum atomic E-state index is 10.2. The smallest absolute Gasteiger partial charge is 0.313 e. The lowest BCUT2D eigenvalue weighted by atomic mass is 10.00. The highest BCUT2D eigenvalue weighted by atomic mass is 17.0. The molecule has 3 aliphatic heterocycles. The molecule has 0 aromatic rings. The second-order valence-electron chi connectivity index (χ2n) is 7.88. The van der Waals surface area contributed by atoms with Gasteiger partial charge < -0.3 is 49.6 Å². The Labute approximate surface area is 167 Å². The van der Waals surface area contributed by atoms with Gasteiger partial charge in [0, 0.05) is 0 Å². The zero-order chi connectivity index (χ0) is 21.7. The predicted molar refractivity (Wildman–Crippen MR) is 90.7 cm³/mol. The molecule has 0 radical (unpaired) electrons. The van der Waals surface area contributed by atoms with Crippen LogP contribution in [0.3, 0.4) is 0 Å². The monoisotopic (exact) mass is 426 g/mol. The largest absolute Gasteiger partial charge is 0.388 e. The molecule has 0 spiro atoms. The number of hydrogen-bond donors (Lipinski definition) is 6. The molecular formula is C17H30O12. The summed E-state index contributed by atoms with van der Waals surface area (Å²) in [5.41, 5.74) is 0. The summed E-state index contributed by atoms with van der Waals surface area (Å²) in [5, 5.41) is 60.1. The molecule has 3 aliphatic rings. The number of ether oxygens (including phenoxy) is 6. The van der Waals surface area contributed by atoms with Crippen molar-refractivity contribution in [1.29, 1.82) is 0 Å². The van der Waals surface area contributed by atoms with Gasteiger partial charge in [0.15, 0.2) is 18.4 Å². The van der Waals surface area contributed by atoms with Crippen molar-refractivity contribution in [2.24, 2.45) is 0 Å². The third-order valence-electron chi connectivity index (χ3n) is 5.47. The van der Waals surface area contributed by atoms with Crippen LogP contribution in [0.1, 0.15) is 27.7 Å². The SMILES string of the molecule is CC1OC(COC2(C)OC(C)C(O)C2O)(OC2OC(C)C(O)C(O)C2O)OC1O. The van der Waals surface area contributed by atoms with E-state index in [4.69, 9.17) is 28.4 Å². The maximum absolute atomic E-state index is 10.2. The standard InChI is InChI=1S/C17H30O12/c1-6-9(18)11(20)12(21)15(25-6)29-17(27-8(3)14(23)28-17)5-24-16(4)13(22)10(19)7(2)26-16/h6-15,18-23H,5H2,1-4H3. The Hall–Kier alpha value is -0.480. The first-order valence-corrected chi connectivity index (χ1v) is 9.48. The average molecular weight is 426 g/mol. The van der Waals surface area contributed by atoms with Crippen molar-refractivity contribution in [2.75, 3.05) is 6.61 Å². The molecule has 12 heteroatoms. The lowest BCUT2D eigenvalue weighted by Crippen LogP contribution is -2.60. The van der Waals surface area contributed by atoms with Gasteiger partial charge in [-0.2, -0.15) is 0 Å². The molecule has 3 rings (SSSR count). The van der Waals surface area contributed by atoms with Crippen LogP contribution in [0.2, 0.25) is 0 Å². The summed E-state index contributed by atoms with van der Waals surface area (Å²) in [6.45, 7) is 5.38. The number of aliphatic hydroxyl groups is 6. The van der Waals surface area contributed by atoms with Gasteiger partial charge in [-0.05, 0) is 27.7 Å². The van der Waals surface area contributed by atoms with Crippen molar-refractivity contribution < 1.29 is 59.1 Å². The Morgan fingerprint density at radius 1 is 0.759 bits per heavy atom. The van der Waals surface area contributed by atoms with E-state index in [0.29, 0.717) is 0 Å². The van der Waals surface area contributed by atoms with E-state index in [1.165, 1.54) is 20.8 Å². The molecule has 3 saturated heterocycles. The lowest BCUT2D eigenvalue weighted by molar-refractivity contribution is -0.443. The zero-order valence-electron chi connectivity index (χ0n) is 16.6. The Morgan fingerprint density at radius 2 is 1.41 bits per heavy atom. The highest BCUT2D eigenvalue weighted by Crippen LogP contribution is 2.37. The van der Waals surface area contributed by atoms with Crippen molar-refractivity contribution in [3.63, 3.8) is 0 Å². The fraction of sp³-hybridized carbons (Fsp3) is 1.00. The molecule has 12 nitrogen and oxygen atoms in total. The quantitative estimate of drug-likeness (QED) is 0.265. The van der Waals surface area contributed by atoms with Gasteiger partial charge in [0.1, 0.15) is 43.2 Å². The van der Waals surface area contributed by atoms with Crippen molar-refractivity contribution in [1.82, 2.24) is 0 Å². The van der Waals surface area contributed by atoms with Crippen LogP contribution in [0, 0.1) is 0 Å². The highest BCUT2D eigenvalue weighted by Gasteiger charge is 2.56. The van der Waals surface area contributed by atoms with E-state index in [1.807, 2.05) is 0 Å². The van der Waals surface area contributed by atoms with E-state index < -0.39 is 79.8 Å². The first-order chi connectivity index (χ1) is 13.4. The van der Waals surface area contributed by atoms with Gasteiger partial charge in [-0.25, -0.2) is 0 Å². The third-order valence-corrected chi connectivity index (χ3v) is 5.47. The van der Waals surface area contributed by atoms with Gasteiger partial charge in [0.25, 0.3) is 0 Å². The molecule has 29 heavy (non-hydrogen) atoms. The van der Waals surface area contributed by atoms with E-state index in [1.54, 1.807) is 6.92 Å².